The van der Waals surface area contributed by atoms with Crippen LogP contribution in [0.15, 0.2) is 53.8 Å². The Morgan fingerprint density at radius 1 is 1.17 bits per heavy atom. The fraction of sp³-hybridized carbons (Fsp3) is 0.448. The molecule has 0 bridgehead atoms. The van der Waals surface area contributed by atoms with Gasteiger partial charge in [0.1, 0.15) is 12.2 Å². The van der Waals surface area contributed by atoms with Crippen molar-refractivity contribution in [1.82, 2.24) is 28.6 Å². The first-order chi connectivity index (χ1) is 19.8. The fourth-order valence-corrected chi connectivity index (χ4v) is 6.40. The number of fused-ring (bicyclic) bond motifs is 1. The van der Waals surface area contributed by atoms with Gasteiger partial charge in [0.2, 0.25) is 0 Å². The normalized spacial score (nSPS) is 24.4. The summed E-state index contributed by atoms with van der Waals surface area (Å²) < 4.78 is 74.6. The number of halogens is 5. The standard InChI is InChI=1S/C29H28F5N7O/c1-18-13-39(7-6-28(18,30)31)14-19-8-23(29(32,33)34)24-16-40(26(42)41(24)15-19)22-5-3-4-21(9-22)27(10-20(11-27)12-35)25-37-36-17-38(25)2/h3-5,8-9,15-18,20H,6-7,10-11,13-14H2,1-2H3/t18-,20?,27?/m1/s1. The lowest BCUT2D eigenvalue weighted by atomic mass is 9.58. The minimum absolute atomic E-state index is 0.00677. The summed E-state index contributed by atoms with van der Waals surface area (Å²) in [4.78, 5) is 15.3. The van der Waals surface area contributed by atoms with E-state index in [2.05, 4.69) is 16.3 Å². The number of hydrogen-bond donors (Lipinski definition) is 0. The van der Waals surface area contributed by atoms with E-state index in [9.17, 15) is 32.0 Å². The average Bonchev–Trinajstić information content (AvgIpc) is 3.49. The third-order valence-corrected chi connectivity index (χ3v) is 8.74. The molecule has 1 aliphatic carbocycles. The Morgan fingerprint density at radius 3 is 2.57 bits per heavy atom. The summed E-state index contributed by atoms with van der Waals surface area (Å²) >= 11 is 0. The van der Waals surface area contributed by atoms with Crippen LogP contribution in [-0.2, 0) is 25.2 Å². The van der Waals surface area contributed by atoms with Crippen molar-refractivity contribution in [3.8, 4) is 11.8 Å². The maximum absolute atomic E-state index is 14.2. The zero-order chi connectivity index (χ0) is 30.0. The summed E-state index contributed by atoms with van der Waals surface area (Å²) in [6.45, 7) is 1.51. The zero-order valence-corrected chi connectivity index (χ0v) is 22.9. The molecule has 1 aromatic carbocycles. The van der Waals surface area contributed by atoms with E-state index < -0.39 is 34.7 Å². The van der Waals surface area contributed by atoms with Gasteiger partial charge in [0.25, 0.3) is 5.92 Å². The minimum Gasteiger partial charge on any atom is -0.320 e. The van der Waals surface area contributed by atoms with Gasteiger partial charge in [0, 0.05) is 57.3 Å². The van der Waals surface area contributed by atoms with Gasteiger partial charge in [0.05, 0.1) is 28.3 Å². The van der Waals surface area contributed by atoms with Gasteiger partial charge in [-0.15, -0.1) is 10.2 Å². The van der Waals surface area contributed by atoms with Crippen LogP contribution in [-0.4, -0.2) is 47.6 Å². The van der Waals surface area contributed by atoms with Crippen LogP contribution in [0.2, 0.25) is 0 Å². The number of alkyl halides is 5. The molecule has 4 heterocycles. The molecule has 1 saturated heterocycles. The highest BCUT2D eigenvalue weighted by Crippen LogP contribution is 2.51. The average molecular weight is 586 g/mol. The Kier molecular flexibility index (Phi) is 6.53. The van der Waals surface area contributed by atoms with E-state index in [0.29, 0.717) is 24.4 Å². The predicted molar refractivity (Wildman–Crippen MR) is 142 cm³/mol. The van der Waals surface area contributed by atoms with E-state index in [-0.39, 0.29) is 43.1 Å². The van der Waals surface area contributed by atoms with Crippen molar-refractivity contribution in [2.75, 3.05) is 13.1 Å². The number of nitrogens with zero attached hydrogens (tertiary/aromatic N) is 7. The second kappa shape index (κ2) is 9.76. The van der Waals surface area contributed by atoms with Gasteiger partial charge in [-0.1, -0.05) is 19.1 Å². The molecule has 220 valence electrons. The van der Waals surface area contributed by atoms with Gasteiger partial charge < -0.3 is 4.57 Å². The minimum atomic E-state index is -4.75. The summed E-state index contributed by atoms with van der Waals surface area (Å²) in [6.07, 6.45) is -0.0419. The second-order valence-corrected chi connectivity index (χ2v) is 11.6. The number of hydrogen-bond acceptors (Lipinski definition) is 5. The Balaban J connectivity index is 1.41. The fourth-order valence-electron chi connectivity index (χ4n) is 6.40. The summed E-state index contributed by atoms with van der Waals surface area (Å²) in [5, 5.41) is 17.7. The molecule has 42 heavy (non-hydrogen) atoms. The third-order valence-electron chi connectivity index (χ3n) is 8.74. The SMILES string of the molecule is C[C@@H]1CN(Cc2cc(C(F)(F)F)c3cn(-c4cccc(C5(c6nncn6C)CC(C#N)C5)c4)c(=O)n3c2)CCC1(F)F. The molecule has 13 heteroatoms. The molecular weight excluding hydrogens is 557 g/mol. The Morgan fingerprint density at radius 2 is 1.93 bits per heavy atom. The van der Waals surface area contributed by atoms with Crippen molar-refractivity contribution in [2.24, 2.45) is 18.9 Å². The number of aromatic nitrogens is 5. The molecule has 3 aromatic heterocycles. The number of piperidine rings is 1. The van der Waals surface area contributed by atoms with Crippen LogP contribution in [0.3, 0.4) is 0 Å². The van der Waals surface area contributed by atoms with Gasteiger partial charge in [-0.25, -0.2) is 13.6 Å². The largest absolute Gasteiger partial charge is 0.418 e. The number of benzene rings is 1. The van der Waals surface area contributed by atoms with Crippen molar-refractivity contribution >= 4 is 5.52 Å². The molecule has 1 atom stereocenters. The summed E-state index contributed by atoms with van der Waals surface area (Å²) in [5.41, 5.74) is -1.26. The smallest absolute Gasteiger partial charge is 0.320 e. The summed E-state index contributed by atoms with van der Waals surface area (Å²) in [6, 6.07) is 10.2. The molecule has 6 rings (SSSR count). The van der Waals surface area contributed by atoms with Crippen molar-refractivity contribution in [2.45, 2.75) is 50.2 Å². The number of rotatable bonds is 5. The second-order valence-electron chi connectivity index (χ2n) is 11.6. The molecule has 0 radical (unpaired) electrons. The van der Waals surface area contributed by atoms with Crippen LogP contribution >= 0.6 is 0 Å². The molecule has 8 nitrogen and oxygen atoms in total. The first-order valence-corrected chi connectivity index (χ1v) is 13.6. The van der Waals surface area contributed by atoms with Gasteiger partial charge in [-0.2, -0.15) is 18.4 Å². The van der Waals surface area contributed by atoms with Crippen LogP contribution in [0.25, 0.3) is 11.2 Å². The predicted octanol–water partition coefficient (Wildman–Crippen LogP) is 4.93. The Bertz CT molecular complexity index is 1760. The Labute approximate surface area is 237 Å². The lowest BCUT2D eigenvalue weighted by molar-refractivity contribution is -0.136. The molecule has 1 aliphatic heterocycles. The van der Waals surface area contributed by atoms with Crippen molar-refractivity contribution in [3.63, 3.8) is 0 Å². The van der Waals surface area contributed by atoms with E-state index in [1.165, 1.54) is 23.9 Å². The van der Waals surface area contributed by atoms with Crippen LogP contribution in [0, 0.1) is 23.2 Å². The van der Waals surface area contributed by atoms with Gasteiger partial charge >= 0.3 is 11.9 Å². The lowest BCUT2D eigenvalue weighted by Gasteiger charge is -2.44. The first-order valence-electron chi connectivity index (χ1n) is 13.6. The molecule has 4 aromatic rings. The molecule has 0 amide bonds. The highest BCUT2D eigenvalue weighted by Gasteiger charge is 2.50. The molecule has 2 fully saturated rings. The molecule has 0 unspecified atom stereocenters. The maximum Gasteiger partial charge on any atom is 0.418 e. The van der Waals surface area contributed by atoms with E-state index in [4.69, 9.17) is 0 Å². The van der Waals surface area contributed by atoms with Crippen molar-refractivity contribution in [1.29, 1.82) is 5.26 Å². The van der Waals surface area contributed by atoms with Crippen molar-refractivity contribution in [3.05, 3.63) is 82.1 Å². The maximum atomic E-state index is 14.2. The Hall–Kier alpha value is -4.05. The van der Waals surface area contributed by atoms with E-state index in [1.54, 1.807) is 41.0 Å². The monoisotopic (exact) mass is 585 g/mol. The van der Waals surface area contributed by atoms with Crippen molar-refractivity contribution < 1.29 is 22.0 Å². The molecule has 0 spiro atoms. The number of pyridine rings is 1. The molecule has 2 aliphatic rings. The number of imidazole rings is 1. The number of likely N-dealkylation sites (tertiary alicyclic amines) is 1. The summed E-state index contributed by atoms with van der Waals surface area (Å²) in [7, 11) is 1.80. The van der Waals surface area contributed by atoms with E-state index >= 15 is 0 Å². The van der Waals surface area contributed by atoms with Gasteiger partial charge in [-0.3, -0.25) is 13.9 Å². The number of aryl methyl sites for hydroxylation is 1. The van der Waals surface area contributed by atoms with Crippen LogP contribution < -0.4 is 5.69 Å². The highest BCUT2D eigenvalue weighted by atomic mass is 19.4. The molecule has 0 N–H and O–H groups in total. The quantitative estimate of drug-likeness (QED) is 0.310. The van der Waals surface area contributed by atoms with E-state index in [1.807, 2.05) is 6.07 Å². The van der Waals surface area contributed by atoms with Gasteiger partial charge in [0.15, 0.2) is 0 Å². The first kappa shape index (κ1) is 28.1. The summed E-state index contributed by atoms with van der Waals surface area (Å²) in [5.74, 6) is -3.28. The topological polar surface area (TPSA) is 84.2 Å². The zero-order valence-electron chi connectivity index (χ0n) is 22.9. The third kappa shape index (κ3) is 4.58. The molecule has 1 saturated carbocycles. The highest BCUT2D eigenvalue weighted by molar-refractivity contribution is 5.58. The van der Waals surface area contributed by atoms with Crippen LogP contribution in [0.1, 0.15) is 48.7 Å². The van der Waals surface area contributed by atoms with Crippen LogP contribution in [0.4, 0.5) is 22.0 Å². The lowest BCUT2D eigenvalue weighted by Crippen LogP contribution is -2.45. The molecular formula is C29H28F5N7O. The van der Waals surface area contributed by atoms with Crippen LogP contribution in [0.5, 0.6) is 0 Å². The van der Waals surface area contributed by atoms with Gasteiger partial charge in [-0.05, 0) is 42.2 Å². The van der Waals surface area contributed by atoms with E-state index in [0.717, 1.165) is 16.0 Å². The number of nitriles is 1.